The molecule has 0 saturated heterocycles. The summed E-state index contributed by atoms with van der Waals surface area (Å²) < 4.78 is 130. The highest BCUT2D eigenvalue weighted by molar-refractivity contribution is 5.95. The molecule has 2 heterocycles. The number of aromatic nitrogens is 1. The number of hydrogen-bond donors (Lipinski definition) is 2. The first-order valence-electron chi connectivity index (χ1n) is 14.4. The molecular formula is C33H26F9N3O3. The van der Waals surface area contributed by atoms with Crippen molar-refractivity contribution in [2.24, 2.45) is 11.8 Å². The maximum atomic E-state index is 14.3. The van der Waals surface area contributed by atoms with Gasteiger partial charge in [-0.2, -0.15) is 26.3 Å². The summed E-state index contributed by atoms with van der Waals surface area (Å²) in [4.78, 5) is 31.1. The van der Waals surface area contributed by atoms with E-state index in [0.29, 0.717) is 18.2 Å². The number of aryl methyl sites for hydroxylation is 1. The summed E-state index contributed by atoms with van der Waals surface area (Å²) in [6.45, 7) is 2.50. The Bertz CT molecular complexity index is 1820. The van der Waals surface area contributed by atoms with E-state index in [0.717, 1.165) is 18.3 Å². The van der Waals surface area contributed by atoms with Crippen molar-refractivity contribution >= 4 is 17.5 Å². The second-order valence-corrected chi connectivity index (χ2v) is 11.8. The quantitative estimate of drug-likeness (QED) is 0.158. The van der Waals surface area contributed by atoms with Gasteiger partial charge in [-0.15, -0.1) is 0 Å². The van der Waals surface area contributed by atoms with Crippen LogP contribution < -0.4 is 10.6 Å². The molecule has 2 aromatic heterocycles. The molecule has 5 rings (SSSR count). The van der Waals surface area contributed by atoms with Crippen molar-refractivity contribution in [2.75, 3.05) is 5.32 Å². The van der Waals surface area contributed by atoms with Gasteiger partial charge >= 0.3 is 12.4 Å². The number of halogens is 9. The van der Waals surface area contributed by atoms with E-state index in [1.165, 1.54) is 44.4 Å². The molecule has 0 aliphatic heterocycles. The number of furan rings is 1. The molecule has 1 aliphatic rings. The van der Waals surface area contributed by atoms with E-state index >= 15 is 0 Å². The molecule has 15 heteroatoms. The van der Waals surface area contributed by atoms with Crippen molar-refractivity contribution in [3.63, 3.8) is 0 Å². The second kappa shape index (κ2) is 12.7. The van der Waals surface area contributed by atoms with Gasteiger partial charge in [0.05, 0.1) is 29.6 Å². The lowest BCUT2D eigenvalue weighted by atomic mass is 9.62. The number of alkyl halides is 6. The summed E-state index contributed by atoms with van der Waals surface area (Å²) in [5.41, 5.74) is -4.03. The number of anilines is 1. The third-order valence-corrected chi connectivity index (χ3v) is 8.47. The van der Waals surface area contributed by atoms with E-state index in [1.807, 2.05) is 0 Å². The molecule has 1 fully saturated rings. The van der Waals surface area contributed by atoms with Crippen molar-refractivity contribution in [3.05, 3.63) is 107 Å². The standard InChI is InChI=1S/C33H26F9N3O3/c1-16-5-7-19(11-22(16)33(40,41)42)44-29(46)21-10-18(32(37,38)39)14-31(2,28(21)27-4-3-9-48-27)45-30(47)26-8-6-17(15-43-26)20-12-24(35)25(36)13-23(20)34/h3-9,11-13,15,18,21,28H,10,14H2,1-2H3,(H,44,46)(H,45,47). The minimum absolute atomic E-state index is 0.0288. The molecule has 6 nitrogen and oxygen atoms in total. The first kappa shape index (κ1) is 34.5. The van der Waals surface area contributed by atoms with E-state index in [1.54, 1.807) is 0 Å². The highest BCUT2D eigenvalue weighted by Gasteiger charge is 2.57. The Hall–Kier alpha value is -4.82. The van der Waals surface area contributed by atoms with Gasteiger partial charge in [0.25, 0.3) is 5.91 Å². The van der Waals surface area contributed by atoms with Crippen LogP contribution in [-0.2, 0) is 11.0 Å². The Labute approximate surface area is 267 Å². The number of benzene rings is 2. The largest absolute Gasteiger partial charge is 0.469 e. The molecule has 254 valence electrons. The van der Waals surface area contributed by atoms with E-state index in [-0.39, 0.29) is 33.8 Å². The number of carbonyl (C=O) groups excluding carboxylic acids is 2. The fraction of sp³-hybridized carbons (Fsp3) is 0.303. The van der Waals surface area contributed by atoms with Gasteiger partial charge in [-0.25, -0.2) is 13.2 Å². The summed E-state index contributed by atoms with van der Waals surface area (Å²) >= 11 is 0. The van der Waals surface area contributed by atoms with Gasteiger partial charge < -0.3 is 15.1 Å². The van der Waals surface area contributed by atoms with Crippen LogP contribution in [0.2, 0.25) is 0 Å². The molecule has 0 bridgehead atoms. The van der Waals surface area contributed by atoms with E-state index in [4.69, 9.17) is 4.42 Å². The van der Waals surface area contributed by atoms with Crippen LogP contribution in [-0.4, -0.2) is 28.5 Å². The maximum Gasteiger partial charge on any atom is 0.416 e. The first-order valence-corrected chi connectivity index (χ1v) is 14.4. The lowest BCUT2D eigenvalue weighted by molar-refractivity contribution is -0.194. The molecule has 4 unspecified atom stereocenters. The van der Waals surface area contributed by atoms with Crippen LogP contribution in [0.1, 0.15) is 53.1 Å². The van der Waals surface area contributed by atoms with Crippen LogP contribution in [0, 0.1) is 36.2 Å². The molecule has 48 heavy (non-hydrogen) atoms. The topological polar surface area (TPSA) is 84.2 Å². The van der Waals surface area contributed by atoms with E-state index < -0.39 is 83.3 Å². The smallest absolute Gasteiger partial charge is 0.416 e. The fourth-order valence-electron chi connectivity index (χ4n) is 6.22. The highest BCUT2D eigenvalue weighted by atomic mass is 19.4. The third kappa shape index (κ3) is 7.04. The molecule has 4 aromatic rings. The van der Waals surface area contributed by atoms with Gasteiger partial charge in [0.1, 0.15) is 17.3 Å². The Morgan fingerprint density at radius 2 is 1.65 bits per heavy atom. The number of amides is 2. The van der Waals surface area contributed by atoms with Crippen molar-refractivity contribution in [1.29, 1.82) is 0 Å². The fourth-order valence-corrected chi connectivity index (χ4v) is 6.22. The van der Waals surface area contributed by atoms with Gasteiger partial charge in [0.15, 0.2) is 11.6 Å². The lowest BCUT2D eigenvalue weighted by Crippen LogP contribution is -2.59. The molecule has 1 saturated carbocycles. The summed E-state index contributed by atoms with van der Waals surface area (Å²) in [5.74, 6) is -10.7. The number of nitrogens with one attached hydrogen (secondary N) is 2. The minimum Gasteiger partial charge on any atom is -0.469 e. The van der Waals surface area contributed by atoms with Crippen molar-refractivity contribution in [1.82, 2.24) is 10.3 Å². The third-order valence-electron chi connectivity index (χ3n) is 8.47. The molecule has 2 N–H and O–H groups in total. The number of pyridine rings is 1. The predicted octanol–water partition coefficient (Wildman–Crippen LogP) is 8.59. The number of carbonyl (C=O) groups is 2. The van der Waals surface area contributed by atoms with Crippen molar-refractivity contribution in [2.45, 2.75) is 50.5 Å². The average Bonchev–Trinajstić information content (AvgIpc) is 3.53. The average molecular weight is 684 g/mol. The normalized spacial score (nSPS) is 21.5. The van der Waals surface area contributed by atoms with Crippen LogP contribution in [0.15, 0.2) is 71.5 Å². The Kier molecular flexibility index (Phi) is 9.10. The van der Waals surface area contributed by atoms with Gasteiger partial charge in [-0.05, 0) is 68.7 Å². The molecule has 0 radical (unpaired) electrons. The van der Waals surface area contributed by atoms with Crippen LogP contribution in [0.25, 0.3) is 11.1 Å². The Morgan fingerprint density at radius 1 is 0.938 bits per heavy atom. The van der Waals surface area contributed by atoms with E-state index in [2.05, 4.69) is 15.6 Å². The van der Waals surface area contributed by atoms with Crippen molar-refractivity contribution < 1.29 is 53.5 Å². The number of nitrogens with zero attached hydrogens (tertiary/aromatic N) is 1. The molecular weight excluding hydrogens is 657 g/mol. The van der Waals surface area contributed by atoms with Crippen molar-refractivity contribution in [3.8, 4) is 11.1 Å². The summed E-state index contributed by atoms with van der Waals surface area (Å²) in [5, 5.41) is 4.87. The maximum absolute atomic E-state index is 14.3. The van der Waals surface area contributed by atoms with Crippen LogP contribution in [0.4, 0.5) is 45.2 Å². The Balaban J connectivity index is 1.48. The summed E-state index contributed by atoms with van der Waals surface area (Å²) in [7, 11) is 0. The molecule has 4 atom stereocenters. The van der Waals surface area contributed by atoms with Gasteiger partial charge in [0.2, 0.25) is 5.91 Å². The number of hydrogen-bond acceptors (Lipinski definition) is 4. The second-order valence-electron chi connectivity index (χ2n) is 11.8. The van der Waals surface area contributed by atoms with Gasteiger partial charge in [-0.1, -0.05) is 12.1 Å². The molecule has 0 spiro atoms. The lowest BCUT2D eigenvalue weighted by Gasteiger charge is -2.48. The van der Waals surface area contributed by atoms with E-state index in [9.17, 15) is 49.1 Å². The zero-order valence-corrected chi connectivity index (χ0v) is 25.1. The SMILES string of the molecule is Cc1ccc(NC(=O)C2CC(C(F)(F)F)CC(C)(NC(=O)c3ccc(-c4cc(F)c(F)cc4F)cn3)C2c2ccco2)cc1C(F)(F)F. The number of rotatable bonds is 6. The highest BCUT2D eigenvalue weighted by Crippen LogP contribution is 2.52. The first-order chi connectivity index (χ1) is 22.4. The van der Waals surface area contributed by atoms with Crippen LogP contribution >= 0.6 is 0 Å². The van der Waals surface area contributed by atoms with Gasteiger partial charge in [0, 0.05) is 34.6 Å². The molecule has 1 aliphatic carbocycles. The minimum atomic E-state index is -4.83. The zero-order valence-electron chi connectivity index (χ0n) is 25.1. The van der Waals surface area contributed by atoms with Crippen LogP contribution in [0.5, 0.6) is 0 Å². The van der Waals surface area contributed by atoms with Gasteiger partial charge in [-0.3, -0.25) is 14.6 Å². The zero-order chi connectivity index (χ0) is 35.2. The molecule has 2 aromatic carbocycles. The summed E-state index contributed by atoms with van der Waals surface area (Å²) in [6, 6.07) is 9.03. The Morgan fingerprint density at radius 3 is 2.25 bits per heavy atom. The molecule has 2 amide bonds. The summed E-state index contributed by atoms with van der Waals surface area (Å²) in [6.07, 6.45) is -8.86. The predicted molar refractivity (Wildman–Crippen MR) is 154 cm³/mol. The monoisotopic (exact) mass is 683 g/mol. The van der Waals surface area contributed by atoms with Crippen LogP contribution in [0.3, 0.4) is 0 Å².